The Morgan fingerprint density at radius 2 is 1.84 bits per heavy atom. The molecule has 1 aromatic carbocycles. The zero-order valence-electron chi connectivity index (χ0n) is 15.0. The molecule has 2 heterocycles. The predicted octanol–water partition coefficient (Wildman–Crippen LogP) is 2.95. The summed E-state index contributed by atoms with van der Waals surface area (Å²) in [5.74, 6) is 0.530. The van der Waals surface area contributed by atoms with Crippen LogP contribution in [0.5, 0.6) is 0 Å². The lowest BCUT2D eigenvalue weighted by Gasteiger charge is -2.37. The lowest BCUT2D eigenvalue weighted by Crippen LogP contribution is -2.49. The van der Waals surface area contributed by atoms with Crippen molar-refractivity contribution in [2.45, 2.75) is 38.3 Å². The van der Waals surface area contributed by atoms with E-state index in [4.69, 9.17) is 0 Å². The minimum Gasteiger partial charge on any atom is -0.342 e. The molecule has 1 atom stereocenters. The van der Waals surface area contributed by atoms with Gasteiger partial charge in [0, 0.05) is 26.2 Å². The molecule has 2 saturated heterocycles. The SMILES string of the molecule is CN(C(=O)C1CCCN(Cc2ccccc2)C1)C1CCNCC1.Cl.Cl. The van der Waals surface area contributed by atoms with Gasteiger partial charge in [-0.15, -0.1) is 24.8 Å². The van der Waals surface area contributed by atoms with E-state index in [0.29, 0.717) is 11.9 Å². The molecule has 0 bridgehead atoms. The first-order valence-corrected chi connectivity index (χ1v) is 8.97. The zero-order chi connectivity index (χ0) is 16.1. The van der Waals surface area contributed by atoms with Crippen molar-refractivity contribution in [3.8, 4) is 0 Å². The van der Waals surface area contributed by atoms with Gasteiger partial charge < -0.3 is 10.2 Å². The van der Waals surface area contributed by atoms with Crippen LogP contribution in [0.2, 0.25) is 0 Å². The van der Waals surface area contributed by atoms with Crippen molar-refractivity contribution in [2.75, 3.05) is 33.2 Å². The predicted molar refractivity (Wildman–Crippen MR) is 108 cm³/mol. The lowest BCUT2D eigenvalue weighted by atomic mass is 9.94. The van der Waals surface area contributed by atoms with Crippen LogP contribution >= 0.6 is 24.8 Å². The summed E-state index contributed by atoms with van der Waals surface area (Å²) in [4.78, 5) is 17.4. The first kappa shape index (κ1) is 22.2. The van der Waals surface area contributed by atoms with Crippen LogP contribution in [0.4, 0.5) is 0 Å². The molecule has 6 heteroatoms. The molecule has 1 unspecified atom stereocenters. The smallest absolute Gasteiger partial charge is 0.226 e. The Morgan fingerprint density at radius 3 is 2.52 bits per heavy atom. The number of hydrogen-bond donors (Lipinski definition) is 1. The van der Waals surface area contributed by atoms with Crippen molar-refractivity contribution in [3.05, 3.63) is 35.9 Å². The number of rotatable bonds is 4. The van der Waals surface area contributed by atoms with Crippen molar-refractivity contribution in [2.24, 2.45) is 5.92 Å². The minimum absolute atomic E-state index is 0. The maximum absolute atomic E-state index is 12.9. The number of carbonyl (C=O) groups excluding carboxylic acids is 1. The molecule has 0 aromatic heterocycles. The highest BCUT2D eigenvalue weighted by molar-refractivity contribution is 5.85. The quantitative estimate of drug-likeness (QED) is 0.862. The standard InChI is InChI=1S/C19H29N3O.2ClH/c1-21(18-9-11-20-12-10-18)19(23)17-8-5-13-22(15-17)14-16-6-3-2-4-7-16;;/h2-4,6-7,17-18,20H,5,8-15H2,1H3;2*1H. The van der Waals surface area contributed by atoms with Crippen LogP contribution in [0.3, 0.4) is 0 Å². The summed E-state index contributed by atoms with van der Waals surface area (Å²) in [5.41, 5.74) is 1.34. The normalized spacial score (nSPS) is 21.7. The van der Waals surface area contributed by atoms with Crippen LogP contribution in [-0.2, 0) is 11.3 Å². The third kappa shape index (κ3) is 6.14. The summed E-state index contributed by atoms with van der Waals surface area (Å²) in [7, 11) is 2.01. The molecule has 142 valence electrons. The Labute approximate surface area is 164 Å². The van der Waals surface area contributed by atoms with E-state index in [1.54, 1.807) is 0 Å². The first-order valence-electron chi connectivity index (χ1n) is 8.97. The third-order valence-electron chi connectivity index (χ3n) is 5.31. The average molecular weight is 388 g/mol. The molecule has 2 fully saturated rings. The van der Waals surface area contributed by atoms with Crippen LogP contribution in [0.15, 0.2) is 30.3 Å². The van der Waals surface area contributed by atoms with E-state index < -0.39 is 0 Å². The molecule has 2 aliphatic heterocycles. The minimum atomic E-state index is 0. The second-order valence-corrected chi connectivity index (χ2v) is 6.99. The summed E-state index contributed by atoms with van der Waals surface area (Å²) in [6, 6.07) is 11.0. The van der Waals surface area contributed by atoms with Gasteiger partial charge in [0.05, 0.1) is 5.92 Å². The molecule has 0 aliphatic carbocycles. The molecule has 0 saturated carbocycles. The fourth-order valence-corrected chi connectivity index (χ4v) is 3.90. The Hall–Kier alpha value is -0.810. The number of amides is 1. The summed E-state index contributed by atoms with van der Waals surface area (Å²) in [6.45, 7) is 5.04. The molecular formula is C19H31Cl2N3O. The van der Waals surface area contributed by atoms with E-state index in [0.717, 1.165) is 58.4 Å². The summed E-state index contributed by atoms with van der Waals surface area (Å²) >= 11 is 0. The first-order chi connectivity index (χ1) is 11.2. The molecular weight excluding hydrogens is 357 g/mol. The molecule has 25 heavy (non-hydrogen) atoms. The van der Waals surface area contributed by atoms with Crippen molar-refractivity contribution >= 4 is 30.7 Å². The number of nitrogens with one attached hydrogen (secondary N) is 1. The van der Waals surface area contributed by atoms with Crippen molar-refractivity contribution < 1.29 is 4.79 Å². The maximum Gasteiger partial charge on any atom is 0.226 e. The highest BCUT2D eigenvalue weighted by Gasteiger charge is 2.31. The van der Waals surface area contributed by atoms with Gasteiger partial charge in [-0.25, -0.2) is 0 Å². The molecule has 2 aliphatic rings. The van der Waals surface area contributed by atoms with Gasteiger partial charge >= 0.3 is 0 Å². The molecule has 1 amide bonds. The molecule has 0 radical (unpaired) electrons. The van der Waals surface area contributed by atoms with Gasteiger partial charge in [-0.1, -0.05) is 30.3 Å². The van der Waals surface area contributed by atoms with Gasteiger partial charge in [-0.2, -0.15) is 0 Å². The summed E-state index contributed by atoms with van der Waals surface area (Å²) in [5, 5.41) is 3.38. The number of hydrogen-bond acceptors (Lipinski definition) is 3. The monoisotopic (exact) mass is 387 g/mol. The number of benzene rings is 1. The summed E-state index contributed by atoms with van der Waals surface area (Å²) < 4.78 is 0. The average Bonchev–Trinajstić information content (AvgIpc) is 2.62. The van der Waals surface area contributed by atoms with E-state index in [1.807, 2.05) is 11.9 Å². The van der Waals surface area contributed by atoms with Crippen LogP contribution in [0.1, 0.15) is 31.2 Å². The van der Waals surface area contributed by atoms with Gasteiger partial charge in [-0.3, -0.25) is 9.69 Å². The van der Waals surface area contributed by atoms with E-state index in [-0.39, 0.29) is 30.7 Å². The lowest BCUT2D eigenvalue weighted by molar-refractivity contribution is -0.138. The zero-order valence-corrected chi connectivity index (χ0v) is 16.7. The third-order valence-corrected chi connectivity index (χ3v) is 5.31. The Kier molecular flexibility index (Phi) is 9.80. The van der Waals surface area contributed by atoms with E-state index in [2.05, 4.69) is 40.5 Å². The second-order valence-electron chi connectivity index (χ2n) is 6.99. The number of piperidine rings is 2. The van der Waals surface area contributed by atoms with Crippen LogP contribution in [0, 0.1) is 5.92 Å². The van der Waals surface area contributed by atoms with Gasteiger partial charge in [-0.05, 0) is 50.9 Å². The Balaban J connectivity index is 0.00000156. The fourth-order valence-electron chi connectivity index (χ4n) is 3.90. The summed E-state index contributed by atoms with van der Waals surface area (Å²) in [6.07, 6.45) is 4.34. The molecule has 4 nitrogen and oxygen atoms in total. The number of nitrogens with zero attached hydrogens (tertiary/aromatic N) is 2. The topological polar surface area (TPSA) is 35.6 Å². The molecule has 1 aromatic rings. The Morgan fingerprint density at radius 1 is 1.16 bits per heavy atom. The fraction of sp³-hybridized carbons (Fsp3) is 0.632. The van der Waals surface area contributed by atoms with Crippen LogP contribution < -0.4 is 5.32 Å². The molecule has 1 N–H and O–H groups in total. The van der Waals surface area contributed by atoms with Crippen LogP contribution in [-0.4, -0.2) is 55.0 Å². The van der Waals surface area contributed by atoms with Gasteiger partial charge in [0.15, 0.2) is 0 Å². The van der Waals surface area contributed by atoms with E-state index in [1.165, 1.54) is 5.56 Å². The highest BCUT2D eigenvalue weighted by Crippen LogP contribution is 2.22. The largest absolute Gasteiger partial charge is 0.342 e. The highest BCUT2D eigenvalue weighted by atomic mass is 35.5. The maximum atomic E-state index is 12.9. The second kappa shape index (κ2) is 11.0. The van der Waals surface area contributed by atoms with Crippen molar-refractivity contribution in [1.82, 2.24) is 15.1 Å². The van der Waals surface area contributed by atoms with Crippen molar-refractivity contribution in [3.63, 3.8) is 0 Å². The molecule has 0 spiro atoms. The van der Waals surface area contributed by atoms with Gasteiger partial charge in [0.2, 0.25) is 5.91 Å². The van der Waals surface area contributed by atoms with E-state index >= 15 is 0 Å². The van der Waals surface area contributed by atoms with Gasteiger partial charge in [0.1, 0.15) is 0 Å². The van der Waals surface area contributed by atoms with Crippen molar-refractivity contribution in [1.29, 1.82) is 0 Å². The molecule has 3 rings (SSSR count). The number of halogens is 2. The van der Waals surface area contributed by atoms with Gasteiger partial charge in [0.25, 0.3) is 0 Å². The number of likely N-dealkylation sites (tertiary alicyclic amines) is 1. The van der Waals surface area contributed by atoms with Crippen LogP contribution in [0.25, 0.3) is 0 Å². The van der Waals surface area contributed by atoms with E-state index in [9.17, 15) is 4.79 Å². The number of carbonyl (C=O) groups is 1. The Bertz CT molecular complexity index is 509.